The van der Waals surface area contributed by atoms with Gasteiger partial charge in [0.25, 0.3) is 11.6 Å². The lowest BCUT2D eigenvalue weighted by molar-refractivity contribution is -0.384. The number of thioether (sulfide) groups is 1. The summed E-state index contributed by atoms with van der Waals surface area (Å²) in [7, 11) is 0. The average molecular weight is 366 g/mol. The van der Waals surface area contributed by atoms with Crippen LogP contribution in [0.5, 0.6) is 0 Å². The number of aromatic nitrogens is 2. The Balaban J connectivity index is 1.56. The summed E-state index contributed by atoms with van der Waals surface area (Å²) < 4.78 is 0. The van der Waals surface area contributed by atoms with E-state index in [9.17, 15) is 14.9 Å². The van der Waals surface area contributed by atoms with Gasteiger partial charge in [0.05, 0.1) is 4.92 Å². The van der Waals surface area contributed by atoms with E-state index in [4.69, 9.17) is 0 Å². The fourth-order valence-electron chi connectivity index (χ4n) is 2.11. The Morgan fingerprint density at radius 1 is 1.00 bits per heavy atom. The first kappa shape index (κ1) is 17.6. The third-order valence-electron chi connectivity index (χ3n) is 3.45. The number of nitro benzene ring substituents is 1. The number of hydrogen-bond acceptors (Lipinski definition) is 6. The molecule has 0 aliphatic heterocycles. The van der Waals surface area contributed by atoms with Crippen molar-refractivity contribution in [3.05, 3.63) is 88.0 Å². The summed E-state index contributed by atoms with van der Waals surface area (Å²) in [6, 6.07) is 18.7. The van der Waals surface area contributed by atoms with E-state index in [1.807, 2.05) is 6.07 Å². The molecule has 0 spiro atoms. The Morgan fingerprint density at radius 3 is 2.35 bits per heavy atom. The highest BCUT2D eigenvalue weighted by molar-refractivity contribution is 7.98. The molecule has 130 valence electrons. The predicted octanol–water partition coefficient (Wildman–Crippen LogP) is 3.93. The van der Waals surface area contributed by atoms with Gasteiger partial charge in [-0.15, -0.1) is 10.2 Å². The molecule has 2 aromatic carbocycles. The molecule has 26 heavy (non-hydrogen) atoms. The maximum absolute atomic E-state index is 12.1. The van der Waals surface area contributed by atoms with Crippen molar-refractivity contribution in [2.24, 2.45) is 0 Å². The van der Waals surface area contributed by atoms with Gasteiger partial charge in [0.1, 0.15) is 5.03 Å². The predicted molar refractivity (Wildman–Crippen MR) is 99.1 cm³/mol. The molecule has 7 nitrogen and oxygen atoms in total. The molecule has 1 N–H and O–H groups in total. The molecule has 0 atom stereocenters. The van der Waals surface area contributed by atoms with E-state index >= 15 is 0 Å². The fourth-order valence-corrected chi connectivity index (χ4v) is 2.88. The summed E-state index contributed by atoms with van der Waals surface area (Å²) in [6.45, 7) is 0. The largest absolute Gasteiger partial charge is 0.305 e. The van der Waals surface area contributed by atoms with Crippen LogP contribution in [-0.2, 0) is 5.75 Å². The summed E-state index contributed by atoms with van der Waals surface area (Å²) in [6.07, 6.45) is 0. The normalized spacial score (nSPS) is 10.3. The topological polar surface area (TPSA) is 98.0 Å². The molecule has 1 heterocycles. The van der Waals surface area contributed by atoms with Crippen LogP contribution in [0.1, 0.15) is 15.9 Å². The van der Waals surface area contributed by atoms with E-state index in [0.29, 0.717) is 22.2 Å². The lowest BCUT2D eigenvalue weighted by Crippen LogP contribution is -2.13. The van der Waals surface area contributed by atoms with Gasteiger partial charge in [-0.05, 0) is 29.8 Å². The van der Waals surface area contributed by atoms with Gasteiger partial charge in [-0.2, -0.15) is 0 Å². The molecule has 0 bridgehead atoms. The molecule has 1 amide bonds. The van der Waals surface area contributed by atoms with Gasteiger partial charge < -0.3 is 5.32 Å². The van der Waals surface area contributed by atoms with Gasteiger partial charge in [-0.1, -0.05) is 42.1 Å². The maximum atomic E-state index is 12.1. The summed E-state index contributed by atoms with van der Waals surface area (Å²) in [5.74, 6) is 0.743. The molecule has 0 saturated heterocycles. The Labute approximate surface area is 153 Å². The number of carbonyl (C=O) groups is 1. The lowest BCUT2D eigenvalue weighted by atomic mass is 10.2. The van der Waals surface area contributed by atoms with Crippen LogP contribution in [-0.4, -0.2) is 21.0 Å². The Bertz CT molecular complexity index is 900. The number of benzene rings is 2. The zero-order valence-electron chi connectivity index (χ0n) is 13.5. The van der Waals surface area contributed by atoms with Crippen LogP contribution in [0.15, 0.2) is 71.8 Å². The Kier molecular flexibility index (Phi) is 5.55. The average Bonchev–Trinajstić information content (AvgIpc) is 2.68. The minimum Gasteiger partial charge on any atom is -0.305 e. The third-order valence-corrected chi connectivity index (χ3v) is 4.44. The van der Waals surface area contributed by atoms with Crippen LogP contribution in [0.2, 0.25) is 0 Å². The van der Waals surface area contributed by atoms with Crippen molar-refractivity contribution in [1.29, 1.82) is 0 Å². The maximum Gasteiger partial charge on any atom is 0.269 e. The van der Waals surface area contributed by atoms with Gasteiger partial charge in [0.15, 0.2) is 5.82 Å². The van der Waals surface area contributed by atoms with Crippen LogP contribution >= 0.6 is 11.8 Å². The van der Waals surface area contributed by atoms with Crippen LogP contribution in [0.25, 0.3) is 0 Å². The second kappa shape index (κ2) is 8.21. The van der Waals surface area contributed by atoms with Crippen molar-refractivity contribution in [2.45, 2.75) is 10.8 Å². The van der Waals surface area contributed by atoms with E-state index in [0.717, 1.165) is 5.56 Å². The van der Waals surface area contributed by atoms with Gasteiger partial charge in [-0.25, -0.2) is 0 Å². The van der Waals surface area contributed by atoms with Crippen molar-refractivity contribution in [1.82, 2.24) is 10.2 Å². The summed E-state index contributed by atoms with van der Waals surface area (Å²) in [5.41, 5.74) is 1.56. The van der Waals surface area contributed by atoms with Crippen LogP contribution in [0, 0.1) is 10.1 Å². The highest BCUT2D eigenvalue weighted by Gasteiger charge is 2.07. The second-order valence-corrected chi connectivity index (χ2v) is 6.28. The number of hydrogen-bond donors (Lipinski definition) is 1. The van der Waals surface area contributed by atoms with E-state index in [1.165, 1.54) is 23.9 Å². The van der Waals surface area contributed by atoms with Gasteiger partial charge >= 0.3 is 0 Å². The molecule has 1 aromatic heterocycles. The standard InChI is InChI=1S/C18H14N4O3S/c23-18(14-4-2-1-3-5-14)19-16-10-11-17(21-20-16)26-12-13-6-8-15(9-7-13)22(24)25/h1-11H,12H2,(H,19,20,23). The number of amides is 1. The number of nitro groups is 1. The molecular weight excluding hydrogens is 352 g/mol. The van der Waals surface area contributed by atoms with Crippen LogP contribution < -0.4 is 5.32 Å². The molecule has 0 radical (unpaired) electrons. The van der Waals surface area contributed by atoms with Crippen LogP contribution in [0.3, 0.4) is 0 Å². The minimum atomic E-state index is -0.426. The summed E-state index contributed by atoms with van der Waals surface area (Å²) >= 11 is 1.46. The fraction of sp³-hybridized carbons (Fsp3) is 0.0556. The van der Waals surface area contributed by atoms with Crippen molar-refractivity contribution >= 4 is 29.2 Å². The van der Waals surface area contributed by atoms with Gasteiger partial charge in [-0.3, -0.25) is 14.9 Å². The monoisotopic (exact) mass is 366 g/mol. The highest BCUT2D eigenvalue weighted by Crippen LogP contribution is 2.22. The first-order valence-electron chi connectivity index (χ1n) is 7.68. The number of nitrogens with zero attached hydrogens (tertiary/aromatic N) is 3. The molecule has 0 unspecified atom stereocenters. The van der Waals surface area contributed by atoms with Gasteiger partial charge in [0, 0.05) is 23.4 Å². The smallest absolute Gasteiger partial charge is 0.269 e. The second-order valence-electron chi connectivity index (χ2n) is 5.29. The highest BCUT2D eigenvalue weighted by atomic mass is 32.2. The molecule has 3 aromatic rings. The number of anilines is 1. The van der Waals surface area contributed by atoms with Crippen LogP contribution in [0.4, 0.5) is 11.5 Å². The molecular formula is C18H14N4O3S. The van der Waals surface area contributed by atoms with Crippen molar-refractivity contribution in [2.75, 3.05) is 5.32 Å². The number of nitrogens with one attached hydrogen (secondary N) is 1. The zero-order chi connectivity index (χ0) is 18.4. The number of carbonyl (C=O) groups excluding carboxylic acids is 1. The van der Waals surface area contributed by atoms with E-state index < -0.39 is 4.92 Å². The molecule has 0 aliphatic rings. The first-order chi connectivity index (χ1) is 12.6. The van der Waals surface area contributed by atoms with Crippen molar-refractivity contribution in [3.63, 3.8) is 0 Å². The summed E-state index contributed by atoms with van der Waals surface area (Å²) in [5, 5.41) is 22.1. The lowest BCUT2D eigenvalue weighted by Gasteiger charge is -2.05. The van der Waals surface area contributed by atoms with E-state index in [1.54, 1.807) is 48.5 Å². The van der Waals surface area contributed by atoms with E-state index in [2.05, 4.69) is 15.5 Å². The van der Waals surface area contributed by atoms with Crippen molar-refractivity contribution < 1.29 is 9.72 Å². The van der Waals surface area contributed by atoms with E-state index in [-0.39, 0.29) is 11.6 Å². The molecule has 8 heteroatoms. The minimum absolute atomic E-state index is 0.0667. The Morgan fingerprint density at radius 2 is 1.73 bits per heavy atom. The van der Waals surface area contributed by atoms with Gasteiger partial charge in [0.2, 0.25) is 0 Å². The molecule has 0 saturated carbocycles. The third kappa shape index (κ3) is 4.64. The molecule has 3 rings (SSSR count). The van der Waals surface area contributed by atoms with Crippen molar-refractivity contribution in [3.8, 4) is 0 Å². The Hall–Kier alpha value is -3.26. The molecule has 0 fully saturated rings. The summed E-state index contributed by atoms with van der Waals surface area (Å²) in [4.78, 5) is 22.3. The SMILES string of the molecule is O=C(Nc1ccc(SCc2ccc([N+](=O)[O-])cc2)nn1)c1ccccc1. The molecule has 0 aliphatic carbocycles. The number of rotatable bonds is 6. The quantitative estimate of drug-likeness (QED) is 0.403. The first-order valence-corrected chi connectivity index (χ1v) is 8.66. The zero-order valence-corrected chi connectivity index (χ0v) is 14.3. The number of non-ortho nitro benzene ring substituents is 1.